The lowest BCUT2D eigenvalue weighted by molar-refractivity contribution is 0.564. The van der Waals surface area contributed by atoms with Gasteiger partial charge in [-0.1, -0.05) is 6.07 Å². The summed E-state index contributed by atoms with van der Waals surface area (Å²) >= 11 is 0. The highest BCUT2D eigenvalue weighted by atomic mass is 19.1. The first kappa shape index (κ1) is 13.2. The molecular weight excluding hydrogens is 276 g/mol. The fraction of sp³-hybridized carbons (Fsp3) is 0.0667. The van der Waals surface area contributed by atoms with Gasteiger partial charge in [0.2, 0.25) is 0 Å². The minimum Gasteiger partial charge on any atom is -0.399 e. The van der Waals surface area contributed by atoms with Crippen LogP contribution in [-0.2, 0) is 6.54 Å². The van der Waals surface area contributed by atoms with Gasteiger partial charge < -0.3 is 5.73 Å². The van der Waals surface area contributed by atoms with Crippen LogP contribution in [0.2, 0.25) is 0 Å². The number of nitrogens with two attached hydrogens (primary N) is 1. The van der Waals surface area contributed by atoms with Crippen LogP contribution in [0.15, 0.2) is 47.5 Å². The van der Waals surface area contributed by atoms with Crippen LogP contribution in [-0.4, -0.2) is 9.55 Å². The van der Waals surface area contributed by atoms with Crippen LogP contribution < -0.4 is 11.3 Å². The molecule has 0 saturated carbocycles. The quantitative estimate of drug-likeness (QED) is 0.736. The average Bonchev–Trinajstić information content (AvgIpc) is 2.45. The minimum atomic E-state index is -0.699. The van der Waals surface area contributed by atoms with Gasteiger partial charge in [-0.2, -0.15) is 0 Å². The first-order valence-electron chi connectivity index (χ1n) is 6.23. The molecule has 0 aliphatic heterocycles. The zero-order valence-electron chi connectivity index (χ0n) is 10.9. The maximum absolute atomic E-state index is 13.7. The molecule has 0 radical (unpaired) electrons. The van der Waals surface area contributed by atoms with E-state index in [1.54, 1.807) is 12.1 Å². The van der Waals surface area contributed by atoms with Crippen molar-refractivity contribution in [3.8, 4) is 0 Å². The maximum Gasteiger partial charge on any atom is 0.261 e. The normalized spacial score (nSPS) is 11.0. The summed E-state index contributed by atoms with van der Waals surface area (Å²) in [6.07, 6.45) is 1.34. The van der Waals surface area contributed by atoms with E-state index in [4.69, 9.17) is 5.73 Å². The Hall–Kier alpha value is -2.76. The molecule has 0 aliphatic carbocycles. The van der Waals surface area contributed by atoms with E-state index in [-0.39, 0.29) is 17.7 Å². The van der Waals surface area contributed by atoms with E-state index in [0.717, 1.165) is 12.1 Å². The lowest BCUT2D eigenvalue weighted by Crippen LogP contribution is -2.21. The third kappa shape index (κ3) is 2.47. The van der Waals surface area contributed by atoms with Gasteiger partial charge in [0, 0.05) is 17.3 Å². The molecule has 1 aromatic heterocycles. The number of halogens is 2. The Morgan fingerprint density at radius 1 is 1.14 bits per heavy atom. The van der Waals surface area contributed by atoms with Gasteiger partial charge >= 0.3 is 0 Å². The second-order valence-corrected chi connectivity index (χ2v) is 4.69. The van der Waals surface area contributed by atoms with E-state index in [2.05, 4.69) is 4.98 Å². The first-order valence-corrected chi connectivity index (χ1v) is 6.23. The predicted octanol–water partition coefficient (Wildman–Crippen LogP) is 2.31. The van der Waals surface area contributed by atoms with E-state index in [9.17, 15) is 13.6 Å². The Bertz CT molecular complexity index is 890. The van der Waals surface area contributed by atoms with Gasteiger partial charge in [-0.25, -0.2) is 13.8 Å². The average molecular weight is 287 g/mol. The number of nitrogens with zero attached hydrogens (tertiary/aromatic N) is 2. The Morgan fingerprint density at radius 2 is 1.95 bits per heavy atom. The summed E-state index contributed by atoms with van der Waals surface area (Å²) < 4.78 is 27.8. The van der Waals surface area contributed by atoms with Crippen molar-refractivity contribution in [1.29, 1.82) is 0 Å². The van der Waals surface area contributed by atoms with E-state index in [1.807, 2.05) is 0 Å². The van der Waals surface area contributed by atoms with Crippen LogP contribution in [0, 0.1) is 11.6 Å². The van der Waals surface area contributed by atoms with Gasteiger partial charge in [-0.3, -0.25) is 9.36 Å². The summed E-state index contributed by atoms with van der Waals surface area (Å²) in [7, 11) is 0. The molecule has 0 bridgehead atoms. The molecule has 0 fully saturated rings. The molecule has 3 aromatic rings. The van der Waals surface area contributed by atoms with Gasteiger partial charge in [0.1, 0.15) is 11.6 Å². The lowest BCUT2D eigenvalue weighted by atomic mass is 10.2. The van der Waals surface area contributed by atoms with Crippen molar-refractivity contribution in [2.45, 2.75) is 6.54 Å². The van der Waals surface area contributed by atoms with Crippen molar-refractivity contribution in [3.05, 3.63) is 70.3 Å². The molecule has 0 aliphatic rings. The van der Waals surface area contributed by atoms with Gasteiger partial charge in [-0.05, 0) is 24.3 Å². The van der Waals surface area contributed by atoms with Crippen LogP contribution in [0.5, 0.6) is 0 Å². The van der Waals surface area contributed by atoms with E-state index >= 15 is 0 Å². The molecule has 4 nitrogen and oxygen atoms in total. The number of fused-ring (bicyclic) bond motifs is 1. The van der Waals surface area contributed by atoms with Crippen molar-refractivity contribution < 1.29 is 8.78 Å². The highest BCUT2D eigenvalue weighted by molar-refractivity contribution is 5.80. The van der Waals surface area contributed by atoms with Gasteiger partial charge in [0.25, 0.3) is 5.56 Å². The number of aromatic nitrogens is 2. The molecule has 6 heteroatoms. The smallest absolute Gasteiger partial charge is 0.261 e. The molecule has 0 spiro atoms. The molecule has 2 N–H and O–H groups in total. The Labute approximate surface area is 118 Å². The topological polar surface area (TPSA) is 60.9 Å². The number of benzene rings is 2. The van der Waals surface area contributed by atoms with Crippen molar-refractivity contribution >= 4 is 16.6 Å². The molecular formula is C15H11F2N3O. The third-order valence-electron chi connectivity index (χ3n) is 3.20. The summed E-state index contributed by atoms with van der Waals surface area (Å²) in [5.41, 5.74) is 6.52. The molecule has 0 saturated heterocycles. The van der Waals surface area contributed by atoms with Gasteiger partial charge in [0.15, 0.2) is 0 Å². The zero-order chi connectivity index (χ0) is 15.0. The molecule has 0 atom stereocenters. The fourth-order valence-electron chi connectivity index (χ4n) is 2.12. The SMILES string of the molecule is Nc1ccc2ncn(Cc3ccc(F)cc3F)c(=O)c2c1. The second kappa shape index (κ2) is 4.97. The zero-order valence-corrected chi connectivity index (χ0v) is 10.9. The molecule has 0 amide bonds. The summed E-state index contributed by atoms with van der Waals surface area (Å²) in [6.45, 7) is -0.0251. The van der Waals surface area contributed by atoms with E-state index < -0.39 is 11.6 Å². The van der Waals surface area contributed by atoms with Crippen molar-refractivity contribution in [1.82, 2.24) is 9.55 Å². The van der Waals surface area contributed by atoms with Crippen molar-refractivity contribution in [2.75, 3.05) is 5.73 Å². The molecule has 106 valence electrons. The summed E-state index contributed by atoms with van der Waals surface area (Å²) in [4.78, 5) is 16.5. The van der Waals surface area contributed by atoms with Crippen LogP contribution >= 0.6 is 0 Å². The lowest BCUT2D eigenvalue weighted by Gasteiger charge is -2.08. The van der Waals surface area contributed by atoms with Crippen LogP contribution in [0.25, 0.3) is 10.9 Å². The van der Waals surface area contributed by atoms with Crippen LogP contribution in [0.4, 0.5) is 14.5 Å². The second-order valence-electron chi connectivity index (χ2n) is 4.69. The number of nitrogen functional groups attached to an aromatic ring is 1. The van der Waals surface area contributed by atoms with Gasteiger partial charge in [-0.15, -0.1) is 0 Å². The molecule has 0 unspecified atom stereocenters. The summed E-state index contributed by atoms with van der Waals surface area (Å²) in [5.74, 6) is -1.36. The van der Waals surface area contributed by atoms with Crippen LogP contribution in [0.1, 0.15) is 5.56 Å². The third-order valence-corrected chi connectivity index (χ3v) is 3.20. The van der Waals surface area contributed by atoms with Crippen LogP contribution in [0.3, 0.4) is 0 Å². The highest BCUT2D eigenvalue weighted by Crippen LogP contribution is 2.13. The molecule has 2 aromatic carbocycles. The number of rotatable bonds is 2. The molecule has 1 heterocycles. The predicted molar refractivity (Wildman–Crippen MR) is 75.9 cm³/mol. The maximum atomic E-state index is 13.7. The van der Waals surface area contributed by atoms with E-state index in [1.165, 1.54) is 23.0 Å². The van der Waals surface area contributed by atoms with Crippen molar-refractivity contribution in [2.24, 2.45) is 0 Å². The highest BCUT2D eigenvalue weighted by Gasteiger charge is 2.08. The molecule has 21 heavy (non-hydrogen) atoms. The standard InChI is InChI=1S/C15H11F2N3O/c16-10-2-1-9(13(17)5-10)7-20-8-19-14-4-3-11(18)6-12(14)15(20)21/h1-6,8H,7,18H2. The summed E-state index contributed by atoms with van der Waals surface area (Å²) in [6, 6.07) is 8.07. The number of hydrogen-bond donors (Lipinski definition) is 1. The number of anilines is 1. The van der Waals surface area contributed by atoms with E-state index in [0.29, 0.717) is 16.6 Å². The monoisotopic (exact) mass is 287 g/mol. The number of hydrogen-bond acceptors (Lipinski definition) is 3. The first-order chi connectivity index (χ1) is 10.0. The summed E-state index contributed by atoms with van der Waals surface area (Å²) in [5, 5.41) is 0.361. The fourth-order valence-corrected chi connectivity index (χ4v) is 2.12. The van der Waals surface area contributed by atoms with Gasteiger partial charge in [0.05, 0.1) is 23.8 Å². The molecule has 3 rings (SSSR count). The largest absolute Gasteiger partial charge is 0.399 e. The van der Waals surface area contributed by atoms with Crippen molar-refractivity contribution in [3.63, 3.8) is 0 Å². The minimum absolute atomic E-state index is 0.0251. The Balaban J connectivity index is 2.09. The Morgan fingerprint density at radius 3 is 2.71 bits per heavy atom. The Kier molecular flexibility index (Phi) is 3.13.